The fourth-order valence-electron chi connectivity index (χ4n) is 3.84. The van der Waals surface area contributed by atoms with E-state index in [1.807, 2.05) is 35.8 Å². The molecule has 0 N–H and O–H groups in total. The Morgan fingerprint density at radius 3 is 2.53 bits per heavy atom. The molecule has 2 heterocycles. The average molecular weight is 473 g/mol. The lowest BCUT2D eigenvalue weighted by Crippen LogP contribution is -2.33. The van der Waals surface area contributed by atoms with Crippen molar-refractivity contribution in [3.63, 3.8) is 0 Å². The largest absolute Gasteiger partial charge is 0.486 e. The third kappa shape index (κ3) is 4.93. The van der Waals surface area contributed by atoms with Crippen LogP contribution in [0.4, 0.5) is 13.2 Å². The van der Waals surface area contributed by atoms with E-state index in [0.717, 1.165) is 17.8 Å². The number of carbonyl (C=O) groups excluding carboxylic acids is 2. The first-order valence-corrected chi connectivity index (χ1v) is 10.6. The predicted octanol–water partition coefficient (Wildman–Crippen LogP) is 5.00. The van der Waals surface area contributed by atoms with E-state index in [4.69, 9.17) is 14.2 Å². The minimum atomic E-state index is -4.58. The van der Waals surface area contributed by atoms with Gasteiger partial charge in [0.2, 0.25) is 5.78 Å². The number of alkyl halides is 3. The van der Waals surface area contributed by atoms with Crippen molar-refractivity contribution < 1.29 is 37.0 Å². The van der Waals surface area contributed by atoms with Crippen molar-refractivity contribution >= 4 is 11.8 Å². The molecule has 3 aromatic rings. The van der Waals surface area contributed by atoms with E-state index in [0.29, 0.717) is 42.0 Å². The van der Waals surface area contributed by atoms with Gasteiger partial charge in [-0.2, -0.15) is 13.2 Å². The van der Waals surface area contributed by atoms with Crippen LogP contribution in [0.2, 0.25) is 0 Å². The summed E-state index contributed by atoms with van der Waals surface area (Å²) in [6.07, 6.45) is -4.85. The summed E-state index contributed by atoms with van der Waals surface area (Å²) in [5.41, 5.74) is 0.607. The number of halogens is 3. The lowest BCUT2D eigenvalue weighted by molar-refractivity contribution is -0.137. The minimum Gasteiger partial charge on any atom is -0.486 e. The SMILES string of the molecule is Cc1cc(C(=O)COC(=O)c2cccc(C(F)(F)F)c2)c(C)n1C[C@H]1COc2ccccc2O1. The van der Waals surface area contributed by atoms with Gasteiger partial charge in [-0.3, -0.25) is 4.79 Å². The quantitative estimate of drug-likeness (QED) is 0.372. The molecule has 1 aromatic heterocycles. The highest BCUT2D eigenvalue weighted by Gasteiger charge is 2.31. The van der Waals surface area contributed by atoms with Crippen LogP contribution in [0.3, 0.4) is 0 Å². The number of hydrogen-bond donors (Lipinski definition) is 0. The number of aromatic nitrogens is 1. The third-order valence-electron chi connectivity index (χ3n) is 5.59. The average Bonchev–Trinajstić information content (AvgIpc) is 3.10. The van der Waals surface area contributed by atoms with E-state index in [9.17, 15) is 22.8 Å². The summed E-state index contributed by atoms with van der Waals surface area (Å²) >= 11 is 0. The highest BCUT2D eigenvalue weighted by Crippen LogP contribution is 2.32. The van der Waals surface area contributed by atoms with E-state index in [1.54, 1.807) is 13.0 Å². The number of Topliss-reactive ketones (excluding diaryl/α,β-unsaturated/α-hetero) is 1. The number of rotatable bonds is 6. The Morgan fingerprint density at radius 1 is 1.06 bits per heavy atom. The van der Waals surface area contributed by atoms with Crippen molar-refractivity contribution in [3.8, 4) is 11.5 Å². The second-order valence-electron chi connectivity index (χ2n) is 7.97. The highest BCUT2D eigenvalue weighted by atomic mass is 19.4. The fraction of sp³-hybridized carbons (Fsp3) is 0.280. The van der Waals surface area contributed by atoms with Gasteiger partial charge in [-0.1, -0.05) is 18.2 Å². The molecule has 0 saturated heterocycles. The van der Waals surface area contributed by atoms with Gasteiger partial charge in [0.05, 0.1) is 17.7 Å². The maximum Gasteiger partial charge on any atom is 0.416 e. The second-order valence-corrected chi connectivity index (χ2v) is 7.97. The first-order valence-electron chi connectivity index (χ1n) is 10.6. The number of esters is 1. The zero-order chi connectivity index (χ0) is 24.5. The Morgan fingerprint density at radius 2 is 1.79 bits per heavy atom. The topological polar surface area (TPSA) is 66.8 Å². The highest BCUT2D eigenvalue weighted by molar-refractivity contribution is 6.00. The van der Waals surface area contributed by atoms with E-state index in [-0.39, 0.29) is 11.7 Å². The molecule has 0 spiro atoms. The molecule has 4 rings (SSSR count). The Balaban J connectivity index is 1.41. The number of carbonyl (C=O) groups is 2. The molecule has 34 heavy (non-hydrogen) atoms. The molecule has 0 bridgehead atoms. The molecule has 178 valence electrons. The summed E-state index contributed by atoms with van der Waals surface area (Å²) in [4.78, 5) is 24.9. The van der Waals surface area contributed by atoms with Crippen molar-refractivity contribution in [1.29, 1.82) is 0 Å². The summed E-state index contributed by atoms with van der Waals surface area (Å²) in [6, 6.07) is 12.9. The lowest BCUT2D eigenvalue weighted by Gasteiger charge is -2.27. The summed E-state index contributed by atoms with van der Waals surface area (Å²) in [5.74, 6) is -0.123. The summed E-state index contributed by atoms with van der Waals surface area (Å²) in [7, 11) is 0. The maximum absolute atomic E-state index is 12.9. The van der Waals surface area contributed by atoms with Gasteiger partial charge in [0, 0.05) is 17.0 Å². The van der Waals surface area contributed by atoms with Gasteiger partial charge in [-0.15, -0.1) is 0 Å². The van der Waals surface area contributed by atoms with Crippen LogP contribution in [-0.2, 0) is 17.5 Å². The number of para-hydroxylation sites is 2. The maximum atomic E-state index is 12.9. The van der Waals surface area contributed by atoms with Crippen LogP contribution in [0.25, 0.3) is 0 Å². The van der Waals surface area contributed by atoms with Crippen LogP contribution in [0.15, 0.2) is 54.6 Å². The summed E-state index contributed by atoms with van der Waals surface area (Å²) in [6.45, 7) is 3.83. The molecule has 0 radical (unpaired) electrons. The number of ketones is 1. The Labute approximate surface area is 193 Å². The van der Waals surface area contributed by atoms with Crippen LogP contribution in [0.5, 0.6) is 11.5 Å². The molecule has 6 nitrogen and oxygen atoms in total. The van der Waals surface area contributed by atoms with Gasteiger partial charge < -0.3 is 18.8 Å². The summed E-state index contributed by atoms with van der Waals surface area (Å²) in [5, 5.41) is 0. The molecule has 9 heteroatoms. The van der Waals surface area contributed by atoms with Crippen LogP contribution >= 0.6 is 0 Å². The molecule has 0 fully saturated rings. The van der Waals surface area contributed by atoms with Gasteiger partial charge in [0.25, 0.3) is 0 Å². The number of benzene rings is 2. The zero-order valence-electron chi connectivity index (χ0n) is 18.5. The lowest BCUT2D eigenvalue weighted by atomic mass is 10.1. The number of aryl methyl sites for hydroxylation is 1. The molecule has 0 saturated carbocycles. The molecule has 1 atom stereocenters. The van der Waals surface area contributed by atoms with Crippen LogP contribution < -0.4 is 9.47 Å². The number of nitrogens with zero attached hydrogens (tertiary/aromatic N) is 1. The summed E-state index contributed by atoms with van der Waals surface area (Å²) < 4.78 is 57.3. The van der Waals surface area contributed by atoms with Crippen molar-refractivity contribution in [2.45, 2.75) is 32.7 Å². The fourth-order valence-corrected chi connectivity index (χ4v) is 3.84. The Bertz CT molecular complexity index is 1230. The van der Waals surface area contributed by atoms with Crippen molar-refractivity contribution in [3.05, 3.63) is 82.7 Å². The van der Waals surface area contributed by atoms with E-state index in [2.05, 4.69) is 0 Å². The minimum absolute atomic E-state index is 0.263. The van der Waals surface area contributed by atoms with Crippen molar-refractivity contribution in [2.24, 2.45) is 0 Å². The van der Waals surface area contributed by atoms with Gasteiger partial charge in [0.1, 0.15) is 6.61 Å². The first kappa shape index (κ1) is 23.4. The number of fused-ring (bicyclic) bond motifs is 1. The number of ether oxygens (including phenoxy) is 3. The molecule has 2 aromatic carbocycles. The smallest absolute Gasteiger partial charge is 0.416 e. The van der Waals surface area contributed by atoms with Crippen molar-refractivity contribution in [2.75, 3.05) is 13.2 Å². The van der Waals surface area contributed by atoms with Crippen LogP contribution in [-0.4, -0.2) is 35.6 Å². The molecule has 1 aliphatic heterocycles. The van der Waals surface area contributed by atoms with Crippen LogP contribution in [0, 0.1) is 13.8 Å². The molecular formula is C25H22F3NO5. The zero-order valence-corrected chi connectivity index (χ0v) is 18.5. The van der Waals surface area contributed by atoms with Gasteiger partial charge in [-0.05, 0) is 50.2 Å². The molecule has 0 unspecified atom stereocenters. The standard InChI is InChI=1S/C25H22F3NO5/c1-15-10-20(16(2)29(15)12-19-13-32-22-8-3-4-9-23(22)34-19)21(30)14-33-24(31)17-6-5-7-18(11-17)25(26,27)28/h3-11,19H,12-14H2,1-2H3/t19-/m0/s1. The Hall–Kier alpha value is -3.75. The van der Waals surface area contributed by atoms with Crippen LogP contribution in [0.1, 0.15) is 37.7 Å². The second kappa shape index (κ2) is 9.24. The first-order chi connectivity index (χ1) is 16.1. The number of hydrogen-bond acceptors (Lipinski definition) is 5. The Kier molecular flexibility index (Phi) is 6.37. The third-order valence-corrected chi connectivity index (χ3v) is 5.59. The van der Waals surface area contributed by atoms with Gasteiger partial charge >= 0.3 is 12.1 Å². The molecule has 1 aliphatic rings. The molecule has 0 amide bonds. The predicted molar refractivity (Wildman–Crippen MR) is 116 cm³/mol. The normalized spacial score (nSPS) is 15.1. The monoisotopic (exact) mass is 473 g/mol. The van der Waals surface area contributed by atoms with Gasteiger partial charge in [-0.25, -0.2) is 4.79 Å². The van der Waals surface area contributed by atoms with E-state index in [1.165, 1.54) is 6.07 Å². The molecular weight excluding hydrogens is 451 g/mol. The molecule has 0 aliphatic carbocycles. The van der Waals surface area contributed by atoms with E-state index < -0.39 is 30.1 Å². The van der Waals surface area contributed by atoms with Crippen molar-refractivity contribution in [1.82, 2.24) is 4.57 Å². The van der Waals surface area contributed by atoms with E-state index >= 15 is 0 Å². The van der Waals surface area contributed by atoms with Gasteiger partial charge in [0.15, 0.2) is 24.2 Å².